The number of urea groups is 1. The van der Waals surface area contributed by atoms with Gasteiger partial charge in [0.25, 0.3) is 5.91 Å². The van der Waals surface area contributed by atoms with E-state index in [-0.39, 0.29) is 18.7 Å². The monoisotopic (exact) mass is 436 g/mol. The first-order valence-electron chi connectivity index (χ1n) is 9.76. The molecule has 3 amide bonds. The molecule has 0 aromatic heterocycles. The van der Waals surface area contributed by atoms with Gasteiger partial charge in [0.15, 0.2) is 0 Å². The minimum Gasteiger partial charge on any atom is -0.491 e. The quantitative estimate of drug-likeness (QED) is 0.652. The van der Waals surface area contributed by atoms with Crippen LogP contribution in [0.2, 0.25) is 0 Å². The predicted octanol–water partition coefficient (Wildman–Crippen LogP) is 3.47. The summed E-state index contributed by atoms with van der Waals surface area (Å²) in [5.74, 6) is -0.119. The summed E-state index contributed by atoms with van der Waals surface area (Å²) in [7, 11) is 0. The smallest absolute Gasteiger partial charge is 0.416 e. The molecular weight excluding hydrogens is 413 g/mol. The van der Waals surface area contributed by atoms with Crippen molar-refractivity contribution >= 4 is 11.9 Å². The number of β-amino-alcohol motifs (C(OH)–C–C–N with tert-alkyl or cyclic N) is 1. The normalized spacial score (nSPS) is 20.0. The highest BCUT2D eigenvalue weighted by molar-refractivity contribution is 6.07. The maximum Gasteiger partial charge on any atom is 0.416 e. The van der Waals surface area contributed by atoms with Crippen LogP contribution in [0.15, 0.2) is 48.5 Å². The maximum absolute atomic E-state index is 12.9. The number of alkyl halides is 3. The number of hydrogen-bond donors (Lipinski definition) is 2. The van der Waals surface area contributed by atoms with Gasteiger partial charge in [0.1, 0.15) is 24.0 Å². The van der Waals surface area contributed by atoms with E-state index >= 15 is 0 Å². The molecule has 2 aromatic rings. The topological polar surface area (TPSA) is 78.9 Å². The molecule has 0 spiro atoms. The van der Waals surface area contributed by atoms with Crippen molar-refractivity contribution in [2.24, 2.45) is 0 Å². The van der Waals surface area contributed by atoms with E-state index in [1.54, 1.807) is 12.1 Å². The Kier molecular flexibility index (Phi) is 6.26. The van der Waals surface area contributed by atoms with E-state index in [2.05, 4.69) is 5.32 Å². The number of carbonyl (C=O) groups is 2. The lowest BCUT2D eigenvalue weighted by Gasteiger charge is -2.23. The summed E-state index contributed by atoms with van der Waals surface area (Å²) in [6, 6.07) is 10.6. The summed E-state index contributed by atoms with van der Waals surface area (Å²) in [6.45, 7) is 2.98. The van der Waals surface area contributed by atoms with Crippen molar-refractivity contribution in [1.82, 2.24) is 10.2 Å². The maximum atomic E-state index is 12.9. The minimum absolute atomic E-state index is 0.139. The van der Waals surface area contributed by atoms with E-state index in [9.17, 15) is 27.9 Å². The van der Waals surface area contributed by atoms with Crippen LogP contribution >= 0.6 is 0 Å². The van der Waals surface area contributed by atoms with Crippen molar-refractivity contribution in [3.05, 3.63) is 65.2 Å². The third-order valence-corrected chi connectivity index (χ3v) is 5.23. The fourth-order valence-corrected chi connectivity index (χ4v) is 3.33. The number of carbonyl (C=O) groups excluding carboxylic acids is 2. The molecule has 1 fully saturated rings. The lowest BCUT2D eigenvalue weighted by molar-refractivity contribution is -0.137. The number of benzene rings is 2. The molecule has 3 rings (SSSR count). The number of rotatable bonds is 7. The molecule has 2 N–H and O–H groups in total. The van der Waals surface area contributed by atoms with Gasteiger partial charge in [0, 0.05) is 0 Å². The van der Waals surface area contributed by atoms with Crippen LogP contribution in [0.25, 0.3) is 0 Å². The van der Waals surface area contributed by atoms with Crippen LogP contribution in [0.5, 0.6) is 5.75 Å². The van der Waals surface area contributed by atoms with E-state index in [1.807, 2.05) is 19.1 Å². The summed E-state index contributed by atoms with van der Waals surface area (Å²) < 4.78 is 43.9. The number of halogens is 3. The zero-order valence-corrected chi connectivity index (χ0v) is 17.1. The second kappa shape index (κ2) is 8.58. The van der Waals surface area contributed by atoms with Crippen molar-refractivity contribution in [2.75, 3.05) is 13.2 Å². The number of ether oxygens (including phenoxy) is 1. The molecule has 1 aliphatic heterocycles. The minimum atomic E-state index is -4.50. The lowest BCUT2D eigenvalue weighted by atomic mass is 9.91. The molecule has 166 valence electrons. The first kappa shape index (κ1) is 22.6. The van der Waals surface area contributed by atoms with Crippen LogP contribution in [0.1, 0.15) is 30.5 Å². The second-order valence-electron chi connectivity index (χ2n) is 7.51. The second-order valence-corrected chi connectivity index (χ2v) is 7.51. The molecule has 6 nitrogen and oxygen atoms in total. The molecule has 0 saturated carbocycles. The summed E-state index contributed by atoms with van der Waals surface area (Å²) in [6.07, 6.45) is -4.77. The van der Waals surface area contributed by atoms with Crippen molar-refractivity contribution in [3.8, 4) is 5.75 Å². The highest BCUT2D eigenvalue weighted by Gasteiger charge is 2.49. The standard InChI is InChI=1S/C22H23F3N2O4/c1-3-14-4-10-18(11-5-14)31-13-17(28)12-27-19(29)21(2,26-20(27)30)15-6-8-16(9-7-15)22(23,24)25/h4-11,17,28H,3,12-13H2,1-2H3,(H,26,30). The third kappa shape index (κ3) is 4.82. The molecular formula is C22H23F3N2O4. The molecule has 1 heterocycles. The van der Waals surface area contributed by atoms with Crippen LogP contribution in [0.3, 0.4) is 0 Å². The Bertz CT molecular complexity index is 945. The SMILES string of the molecule is CCc1ccc(OCC(O)CN2C(=O)NC(C)(c3ccc(C(F)(F)F)cc3)C2=O)cc1. The Morgan fingerprint density at radius 3 is 2.26 bits per heavy atom. The largest absolute Gasteiger partial charge is 0.491 e. The predicted molar refractivity (Wildman–Crippen MR) is 106 cm³/mol. The van der Waals surface area contributed by atoms with Gasteiger partial charge in [-0.1, -0.05) is 31.2 Å². The Hall–Kier alpha value is -3.07. The molecule has 0 radical (unpaired) electrons. The van der Waals surface area contributed by atoms with Crippen LogP contribution in [-0.4, -0.2) is 41.2 Å². The molecule has 2 unspecified atom stereocenters. The number of amides is 3. The fourth-order valence-electron chi connectivity index (χ4n) is 3.33. The number of aliphatic hydroxyl groups is 1. The number of imide groups is 1. The van der Waals surface area contributed by atoms with Crippen LogP contribution in [0.4, 0.5) is 18.0 Å². The highest BCUT2D eigenvalue weighted by Crippen LogP contribution is 2.33. The molecule has 31 heavy (non-hydrogen) atoms. The van der Waals surface area contributed by atoms with Gasteiger partial charge in [-0.2, -0.15) is 13.2 Å². The summed E-state index contributed by atoms with van der Waals surface area (Å²) in [5.41, 5.74) is -1.04. The van der Waals surface area contributed by atoms with E-state index in [0.717, 1.165) is 41.1 Å². The summed E-state index contributed by atoms with van der Waals surface area (Å²) >= 11 is 0. The number of aryl methyl sites for hydroxylation is 1. The zero-order valence-electron chi connectivity index (χ0n) is 17.1. The van der Waals surface area contributed by atoms with Gasteiger partial charge in [-0.15, -0.1) is 0 Å². The first-order valence-corrected chi connectivity index (χ1v) is 9.76. The summed E-state index contributed by atoms with van der Waals surface area (Å²) in [5, 5.41) is 12.8. The Morgan fingerprint density at radius 1 is 1.10 bits per heavy atom. The highest BCUT2D eigenvalue weighted by atomic mass is 19.4. The summed E-state index contributed by atoms with van der Waals surface area (Å²) in [4.78, 5) is 26.0. The first-order chi connectivity index (χ1) is 14.5. The lowest BCUT2D eigenvalue weighted by Crippen LogP contribution is -2.42. The number of hydrogen-bond acceptors (Lipinski definition) is 4. The van der Waals surface area contributed by atoms with E-state index in [4.69, 9.17) is 4.74 Å². The Labute approximate surface area is 177 Å². The number of nitrogens with one attached hydrogen (secondary N) is 1. The molecule has 0 aliphatic carbocycles. The van der Waals surface area contributed by atoms with Gasteiger partial charge < -0.3 is 15.2 Å². The van der Waals surface area contributed by atoms with E-state index in [1.165, 1.54) is 6.92 Å². The van der Waals surface area contributed by atoms with Crippen molar-refractivity contribution in [2.45, 2.75) is 38.1 Å². The third-order valence-electron chi connectivity index (χ3n) is 5.23. The van der Waals surface area contributed by atoms with Crippen LogP contribution in [0, 0.1) is 0 Å². The average Bonchev–Trinajstić information content (AvgIpc) is 2.96. The van der Waals surface area contributed by atoms with Gasteiger partial charge in [0.05, 0.1) is 12.1 Å². The molecule has 9 heteroatoms. The van der Waals surface area contributed by atoms with Crippen molar-refractivity contribution in [3.63, 3.8) is 0 Å². The molecule has 1 saturated heterocycles. The van der Waals surface area contributed by atoms with Crippen molar-refractivity contribution in [1.29, 1.82) is 0 Å². The van der Waals surface area contributed by atoms with Gasteiger partial charge in [-0.25, -0.2) is 4.79 Å². The zero-order chi connectivity index (χ0) is 22.8. The Morgan fingerprint density at radius 2 is 1.71 bits per heavy atom. The molecule has 1 aliphatic rings. The molecule has 0 bridgehead atoms. The van der Waals surface area contributed by atoms with Gasteiger partial charge in [0.2, 0.25) is 0 Å². The van der Waals surface area contributed by atoms with Gasteiger partial charge in [-0.3, -0.25) is 9.69 Å². The van der Waals surface area contributed by atoms with Crippen LogP contribution in [-0.2, 0) is 22.9 Å². The number of aliphatic hydroxyl groups excluding tert-OH is 1. The molecule has 2 atom stereocenters. The Balaban J connectivity index is 1.64. The molecule has 2 aromatic carbocycles. The average molecular weight is 436 g/mol. The fraction of sp³-hybridized carbons (Fsp3) is 0.364. The van der Waals surface area contributed by atoms with E-state index in [0.29, 0.717) is 5.75 Å². The van der Waals surface area contributed by atoms with Gasteiger partial charge in [-0.05, 0) is 48.7 Å². The van der Waals surface area contributed by atoms with E-state index < -0.39 is 35.3 Å². The van der Waals surface area contributed by atoms with Crippen molar-refractivity contribution < 1.29 is 32.6 Å². The van der Waals surface area contributed by atoms with Gasteiger partial charge >= 0.3 is 12.2 Å². The van der Waals surface area contributed by atoms with Crippen LogP contribution < -0.4 is 10.1 Å². The number of nitrogens with zero attached hydrogens (tertiary/aromatic N) is 1.